The third-order valence-electron chi connectivity index (χ3n) is 4.73. The van der Waals surface area contributed by atoms with E-state index in [1.165, 1.54) is 18.5 Å². The number of aromatic nitrogens is 4. The number of hydrogen-bond donors (Lipinski definition) is 3. The smallest absolute Gasteiger partial charge is 0.194 e. The van der Waals surface area contributed by atoms with Crippen molar-refractivity contribution in [1.29, 1.82) is 0 Å². The topological polar surface area (TPSA) is 127 Å². The van der Waals surface area contributed by atoms with Gasteiger partial charge in [0.25, 0.3) is 0 Å². The van der Waals surface area contributed by atoms with Crippen LogP contribution in [-0.4, -0.2) is 60.4 Å². The first-order valence-electron chi connectivity index (χ1n) is 8.50. The van der Waals surface area contributed by atoms with Crippen molar-refractivity contribution >= 4 is 0 Å². The van der Waals surface area contributed by atoms with Crippen LogP contribution in [0.3, 0.4) is 0 Å². The van der Waals surface area contributed by atoms with Crippen molar-refractivity contribution in [2.45, 2.75) is 30.5 Å². The van der Waals surface area contributed by atoms with E-state index < -0.39 is 54.5 Å². The summed E-state index contributed by atoms with van der Waals surface area (Å²) in [4.78, 5) is 0. The summed E-state index contributed by atoms with van der Waals surface area (Å²) in [5, 5.41) is 41.9. The number of aliphatic hydroxyl groups excluding tert-OH is 3. The van der Waals surface area contributed by atoms with E-state index in [4.69, 9.17) is 9.26 Å². The zero-order valence-corrected chi connectivity index (χ0v) is 14.6. The van der Waals surface area contributed by atoms with Crippen LogP contribution in [0.25, 0.3) is 11.3 Å². The molecule has 1 fully saturated rings. The standard InChI is InChI=1S/C17H15F3N4O5/c18-8-3-7(4-9(19)13(8)20)10-5-24(23-22-10)14-15(26)12(6-25)28-17(16(14)27)11-1-2-21-29-11/h1-5,12,14-17,25-27H,6H2/t12-,14+,15+,16-,17+/m1/s1. The zero-order valence-electron chi connectivity index (χ0n) is 14.6. The fourth-order valence-electron chi connectivity index (χ4n) is 3.28. The highest BCUT2D eigenvalue weighted by atomic mass is 19.2. The van der Waals surface area contributed by atoms with Crippen LogP contribution in [0.1, 0.15) is 17.9 Å². The van der Waals surface area contributed by atoms with Gasteiger partial charge in [-0.2, -0.15) is 0 Å². The molecule has 2 aromatic heterocycles. The van der Waals surface area contributed by atoms with Crippen molar-refractivity contribution in [2.24, 2.45) is 0 Å². The minimum absolute atomic E-state index is 0.0227. The van der Waals surface area contributed by atoms with Gasteiger partial charge in [-0.05, 0) is 12.1 Å². The molecule has 4 rings (SSSR count). The lowest BCUT2D eigenvalue weighted by Gasteiger charge is -2.41. The molecule has 1 aromatic carbocycles. The van der Waals surface area contributed by atoms with Gasteiger partial charge in [0.1, 0.15) is 36.2 Å². The second-order valence-electron chi connectivity index (χ2n) is 6.50. The van der Waals surface area contributed by atoms with Crippen molar-refractivity contribution in [3.8, 4) is 11.3 Å². The lowest BCUT2D eigenvalue weighted by atomic mass is 9.91. The van der Waals surface area contributed by atoms with Gasteiger partial charge in [0, 0.05) is 11.6 Å². The van der Waals surface area contributed by atoms with Crippen LogP contribution >= 0.6 is 0 Å². The average Bonchev–Trinajstić information content (AvgIpc) is 3.38. The lowest BCUT2D eigenvalue weighted by Crippen LogP contribution is -2.52. The van der Waals surface area contributed by atoms with Crippen LogP contribution in [0, 0.1) is 17.5 Å². The third-order valence-corrected chi connectivity index (χ3v) is 4.73. The number of rotatable bonds is 4. The fraction of sp³-hybridized carbons (Fsp3) is 0.353. The summed E-state index contributed by atoms with van der Waals surface area (Å²) in [6, 6.07) is 1.80. The molecule has 0 amide bonds. The average molecular weight is 412 g/mol. The van der Waals surface area contributed by atoms with Gasteiger partial charge in [-0.15, -0.1) is 5.10 Å². The number of ether oxygens (including phenoxy) is 1. The Kier molecular flexibility index (Phi) is 5.08. The number of nitrogens with zero attached hydrogens (tertiary/aromatic N) is 4. The predicted octanol–water partition coefficient (Wildman–Crippen LogP) is 0.746. The molecular formula is C17H15F3N4O5. The maximum absolute atomic E-state index is 13.5. The van der Waals surface area contributed by atoms with Crippen molar-refractivity contribution in [3.63, 3.8) is 0 Å². The van der Waals surface area contributed by atoms with E-state index >= 15 is 0 Å². The molecule has 9 nitrogen and oxygen atoms in total. The van der Waals surface area contributed by atoms with Crippen molar-refractivity contribution < 1.29 is 37.8 Å². The highest BCUT2D eigenvalue weighted by molar-refractivity contribution is 5.57. The molecule has 3 heterocycles. The molecule has 0 unspecified atom stereocenters. The summed E-state index contributed by atoms with van der Waals surface area (Å²) < 4.78 is 51.8. The van der Waals surface area contributed by atoms with Gasteiger partial charge in [-0.25, -0.2) is 17.9 Å². The van der Waals surface area contributed by atoms with Gasteiger partial charge >= 0.3 is 0 Å². The first-order valence-corrected chi connectivity index (χ1v) is 8.50. The highest BCUT2D eigenvalue weighted by Gasteiger charge is 2.47. The Morgan fingerprint density at radius 1 is 1.10 bits per heavy atom. The van der Waals surface area contributed by atoms with E-state index in [2.05, 4.69) is 15.5 Å². The molecule has 0 bridgehead atoms. The zero-order chi connectivity index (χ0) is 20.7. The molecule has 3 aromatic rings. The number of hydrogen-bond acceptors (Lipinski definition) is 8. The second kappa shape index (κ2) is 7.55. The van der Waals surface area contributed by atoms with E-state index in [1.54, 1.807) is 0 Å². The summed E-state index contributed by atoms with van der Waals surface area (Å²) in [6.07, 6.45) is -2.39. The molecule has 3 N–H and O–H groups in total. The quantitative estimate of drug-likeness (QED) is 0.536. The van der Waals surface area contributed by atoms with E-state index in [9.17, 15) is 28.5 Å². The maximum Gasteiger partial charge on any atom is 0.194 e. The molecule has 1 aliphatic heterocycles. The molecule has 1 aliphatic rings. The van der Waals surface area contributed by atoms with E-state index in [0.29, 0.717) is 0 Å². The Hall–Kier alpha value is -2.80. The van der Waals surface area contributed by atoms with Gasteiger partial charge in [0.2, 0.25) is 0 Å². The Morgan fingerprint density at radius 3 is 2.45 bits per heavy atom. The fourth-order valence-corrected chi connectivity index (χ4v) is 3.28. The Morgan fingerprint density at radius 2 is 1.83 bits per heavy atom. The van der Waals surface area contributed by atoms with Crippen molar-refractivity contribution in [1.82, 2.24) is 20.2 Å². The summed E-state index contributed by atoms with van der Waals surface area (Å²) in [7, 11) is 0. The number of aliphatic hydroxyl groups is 3. The van der Waals surface area contributed by atoms with Crippen LogP contribution < -0.4 is 0 Å². The summed E-state index contributed by atoms with van der Waals surface area (Å²) >= 11 is 0. The molecule has 0 aliphatic carbocycles. The van der Waals surface area contributed by atoms with Gasteiger partial charge in [-0.3, -0.25) is 0 Å². The second-order valence-corrected chi connectivity index (χ2v) is 6.50. The Balaban J connectivity index is 1.69. The van der Waals surface area contributed by atoms with Crippen LogP contribution in [0.4, 0.5) is 13.2 Å². The predicted molar refractivity (Wildman–Crippen MR) is 87.6 cm³/mol. The first kappa shape index (κ1) is 19.5. The Bertz CT molecular complexity index is 976. The monoisotopic (exact) mass is 412 g/mol. The SMILES string of the molecule is OC[C@H]1O[C@@H](c2ccno2)[C@H](O)[C@@H](n2cc(-c3cc(F)c(F)c(F)c3)nn2)[C@H]1O. The first-order chi connectivity index (χ1) is 13.9. The lowest BCUT2D eigenvalue weighted by molar-refractivity contribution is -0.213. The molecule has 0 radical (unpaired) electrons. The van der Waals surface area contributed by atoms with Crippen LogP contribution in [0.2, 0.25) is 0 Å². The molecule has 5 atom stereocenters. The van der Waals surface area contributed by atoms with Crippen LogP contribution in [0.5, 0.6) is 0 Å². The van der Waals surface area contributed by atoms with Gasteiger partial charge in [-0.1, -0.05) is 10.4 Å². The largest absolute Gasteiger partial charge is 0.394 e. The van der Waals surface area contributed by atoms with E-state index in [0.717, 1.165) is 16.8 Å². The molecule has 0 saturated carbocycles. The minimum atomic E-state index is -1.61. The van der Waals surface area contributed by atoms with Gasteiger partial charge in [0.05, 0.1) is 19.0 Å². The molecule has 12 heteroatoms. The molecule has 29 heavy (non-hydrogen) atoms. The van der Waals surface area contributed by atoms with E-state index in [1.807, 2.05) is 0 Å². The number of benzene rings is 1. The van der Waals surface area contributed by atoms with Gasteiger partial charge < -0.3 is 24.6 Å². The highest BCUT2D eigenvalue weighted by Crippen LogP contribution is 2.38. The van der Waals surface area contributed by atoms with Crippen LogP contribution in [0.15, 0.2) is 35.1 Å². The Labute approximate surface area is 160 Å². The normalized spacial score (nSPS) is 27.3. The molecule has 154 valence electrons. The summed E-state index contributed by atoms with van der Waals surface area (Å²) in [6.45, 7) is -0.565. The summed E-state index contributed by atoms with van der Waals surface area (Å²) in [5.74, 6) is -4.24. The molecule has 1 saturated heterocycles. The van der Waals surface area contributed by atoms with Crippen LogP contribution in [-0.2, 0) is 4.74 Å². The number of halogens is 3. The molecule has 0 spiro atoms. The van der Waals surface area contributed by atoms with E-state index in [-0.39, 0.29) is 17.0 Å². The van der Waals surface area contributed by atoms with Gasteiger partial charge in [0.15, 0.2) is 23.2 Å². The summed E-state index contributed by atoms with van der Waals surface area (Å²) in [5.41, 5.74) is -0.111. The molecular weight excluding hydrogens is 397 g/mol. The maximum atomic E-state index is 13.5. The van der Waals surface area contributed by atoms with Crippen molar-refractivity contribution in [3.05, 3.63) is 53.8 Å². The van der Waals surface area contributed by atoms with Crippen molar-refractivity contribution in [2.75, 3.05) is 6.61 Å². The minimum Gasteiger partial charge on any atom is -0.394 e. The third kappa shape index (κ3) is 3.40.